The van der Waals surface area contributed by atoms with Crippen LogP contribution in [0, 0.1) is 5.92 Å². The first kappa shape index (κ1) is 31.1. The van der Waals surface area contributed by atoms with Crippen molar-refractivity contribution >= 4 is 29.5 Å². The van der Waals surface area contributed by atoms with Gasteiger partial charge in [0.1, 0.15) is 23.8 Å². The van der Waals surface area contributed by atoms with Crippen LogP contribution in [0.25, 0.3) is 0 Å². The molecule has 4 heterocycles. The molecule has 3 aliphatic heterocycles. The molecule has 3 N–H and O–H groups in total. The molecular weight excluding hydrogens is 564 g/mol. The molecule has 2 saturated heterocycles. The van der Waals surface area contributed by atoms with Crippen LogP contribution in [0.2, 0.25) is 0 Å². The molecule has 3 aliphatic rings. The van der Waals surface area contributed by atoms with Crippen molar-refractivity contribution in [2.75, 3.05) is 19.6 Å². The van der Waals surface area contributed by atoms with Crippen molar-refractivity contribution in [1.29, 1.82) is 0 Å². The standard InChI is InChI=1S/C31H42N8O5/c1-20(2)28-31(44)33-24(15-21-9-5-3-6-10-21)29(42)32-17-22-18-39(36-35-22)23-16-25(30(43)34-28)38(19-23)27(41)12-14-37-13-8-4-7-11-26(37)40/h3,5-6,9-10,18,20,23-25,28H,4,7-8,11-17,19H2,1-2H3,(H,32,42)(H,33,44)(H,34,43)/t23-,24+,25-,28-/m0/s1. The first-order valence-corrected chi connectivity index (χ1v) is 15.6. The van der Waals surface area contributed by atoms with Crippen molar-refractivity contribution < 1.29 is 24.0 Å². The summed E-state index contributed by atoms with van der Waals surface area (Å²) in [6, 6.07) is 6.40. The third-order valence-corrected chi connectivity index (χ3v) is 8.71. The molecule has 236 valence electrons. The number of carbonyl (C=O) groups is 5. The molecule has 1 aromatic carbocycles. The predicted molar refractivity (Wildman–Crippen MR) is 160 cm³/mol. The summed E-state index contributed by atoms with van der Waals surface area (Å²) in [6.45, 7) is 4.92. The molecule has 13 heteroatoms. The van der Waals surface area contributed by atoms with Gasteiger partial charge in [0.15, 0.2) is 0 Å². The van der Waals surface area contributed by atoms with Crippen molar-refractivity contribution in [3.05, 3.63) is 47.8 Å². The van der Waals surface area contributed by atoms with E-state index in [0.29, 0.717) is 31.6 Å². The molecule has 5 rings (SSSR count). The molecule has 0 radical (unpaired) electrons. The van der Waals surface area contributed by atoms with Crippen molar-refractivity contribution in [2.24, 2.45) is 5.92 Å². The highest BCUT2D eigenvalue weighted by Crippen LogP contribution is 2.28. The maximum Gasteiger partial charge on any atom is 0.243 e. The Morgan fingerprint density at radius 1 is 1.00 bits per heavy atom. The van der Waals surface area contributed by atoms with E-state index in [1.54, 1.807) is 20.7 Å². The molecule has 5 amide bonds. The fraction of sp³-hybridized carbons (Fsp3) is 0.581. The lowest BCUT2D eigenvalue weighted by Crippen LogP contribution is -2.58. The van der Waals surface area contributed by atoms with Gasteiger partial charge in [0.05, 0.1) is 18.8 Å². The summed E-state index contributed by atoms with van der Waals surface area (Å²) in [5.74, 6) is -1.75. The number of amides is 5. The number of nitrogens with one attached hydrogen (secondary N) is 3. The monoisotopic (exact) mass is 606 g/mol. The maximum atomic E-state index is 13.8. The average Bonchev–Trinajstić information content (AvgIpc) is 3.62. The van der Waals surface area contributed by atoms with Crippen molar-refractivity contribution in [3.8, 4) is 0 Å². The Labute approximate surface area is 257 Å². The first-order chi connectivity index (χ1) is 21.2. The van der Waals surface area contributed by atoms with E-state index in [9.17, 15) is 24.0 Å². The van der Waals surface area contributed by atoms with Crippen LogP contribution in [0.3, 0.4) is 0 Å². The van der Waals surface area contributed by atoms with E-state index in [4.69, 9.17) is 0 Å². The summed E-state index contributed by atoms with van der Waals surface area (Å²) in [6.07, 6.45) is 5.63. The van der Waals surface area contributed by atoms with Gasteiger partial charge in [-0.2, -0.15) is 0 Å². The highest BCUT2D eigenvalue weighted by atomic mass is 16.2. The number of rotatable bonds is 6. The lowest BCUT2D eigenvalue weighted by Gasteiger charge is -2.29. The van der Waals surface area contributed by atoms with E-state index in [1.807, 2.05) is 44.2 Å². The Morgan fingerprint density at radius 2 is 1.80 bits per heavy atom. The molecule has 4 bridgehead atoms. The number of carbonyl (C=O) groups excluding carboxylic acids is 5. The Kier molecular flexibility index (Phi) is 9.91. The maximum absolute atomic E-state index is 13.8. The Hall–Kier alpha value is -4.29. The lowest BCUT2D eigenvalue weighted by atomic mass is 10.00. The van der Waals surface area contributed by atoms with E-state index in [0.717, 1.165) is 24.8 Å². The highest BCUT2D eigenvalue weighted by molar-refractivity contribution is 5.95. The fourth-order valence-corrected chi connectivity index (χ4v) is 6.16. The summed E-state index contributed by atoms with van der Waals surface area (Å²) < 4.78 is 1.64. The summed E-state index contributed by atoms with van der Waals surface area (Å²) in [5.41, 5.74) is 1.39. The third-order valence-electron chi connectivity index (χ3n) is 8.71. The Balaban J connectivity index is 1.38. The van der Waals surface area contributed by atoms with Crippen LogP contribution in [0.4, 0.5) is 0 Å². The molecule has 0 saturated carbocycles. The van der Waals surface area contributed by atoms with Crippen molar-refractivity contribution in [3.63, 3.8) is 0 Å². The molecular formula is C31H42N8O5. The quantitative estimate of drug-likeness (QED) is 0.437. The van der Waals surface area contributed by atoms with Crippen LogP contribution in [-0.4, -0.2) is 92.1 Å². The fourth-order valence-electron chi connectivity index (χ4n) is 6.16. The number of likely N-dealkylation sites (tertiary alicyclic amines) is 2. The molecule has 0 unspecified atom stereocenters. The summed E-state index contributed by atoms with van der Waals surface area (Å²) in [7, 11) is 0. The van der Waals surface area contributed by atoms with Gasteiger partial charge in [0.2, 0.25) is 29.5 Å². The van der Waals surface area contributed by atoms with Crippen LogP contribution in [-0.2, 0) is 36.9 Å². The predicted octanol–water partition coefficient (Wildman–Crippen LogP) is 0.711. The third kappa shape index (κ3) is 7.43. The number of fused-ring (bicyclic) bond motifs is 5. The molecule has 2 aromatic rings. The van der Waals surface area contributed by atoms with Crippen LogP contribution in [0.5, 0.6) is 0 Å². The van der Waals surface area contributed by atoms with Gasteiger partial charge in [-0.25, -0.2) is 4.68 Å². The van der Waals surface area contributed by atoms with Gasteiger partial charge in [0, 0.05) is 45.3 Å². The summed E-state index contributed by atoms with van der Waals surface area (Å²) in [4.78, 5) is 70.1. The summed E-state index contributed by atoms with van der Waals surface area (Å²) in [5, 5.41) is 17.1. The minimum Gasteiger partial charge on any atom is -0.349 e. The second kappa shape index (κ2) is 14.0. The minimum atomic E-state index is -0.929. The zero-order chi connectivity index (χ0) is 31.2. The molecule has 0 spiro atoms. The molecule has 2 fully saturated rings. The summed E-state index contributed by atoms with van der Waals surface area (Å²) >= 11 is 0. The van der Waals surface area contributed by atoms with Gasteiger partial charge in [-0.05, 0) is 24.3 Å². The Bertz CT molecular complexity index is 1360. The Morgan fingerprint density at radius 3 is 2.57 bits per heavy atom. The van der Waals surface area contributed by atoms with Gasteiger partial charge >= 0.3 is 0 Å². The van der Waals surface area contributed by atoms with E-state index in [-0.39, 0.29) is 55.6 Å². The molecule has 4 atom stereocenters. The number of benzene rings is 1. The van der Waals surface area contributed by atoms with Gasteiger partial charge < -0.3 is 25.8 Å². The molecule has 0 aliphatic carbocycles. The largest absolute Gasteiger partial charge is 0.349 e. The average molecular weight is 607 g/mol. The van der Waals surface area contributed by atoms with Gasteiger partial charge in [-0.1, -0.05) is 55.8 Å². The van der Waals surface area contributed by atoms with Crippen molar-refractivity contribution in [2.45, 2.75) is 89.5 Å². The number of aromatic nitrogens is 3. The number of hydrogen-bond donors (Lipinski definition) is 3. The smallest absolute Gasteiger partial charge is 0.243 e. The molecule has 44 heavy (non-hydrogen) atoms. The normalized spacial score (nSPS) is 25.1. The van der Waals surface area contributed by atoms with Gasteiger partial charge in [-0.3, -0.25) is 24.0 Å². The van der Waals surface area contributed by atoms with Crippen LogP contribution in [0.15, 0.2) is 36.5 Å². The van der Waals surface area contributed by atoms with E-state index >= 15 is 0 Å². The van der Waals surface area contributed by atoms with E-state index in [1.165, 1.54) is 0 Å². The number of nitrogens with zero attached hydrogens (tertiary/aromatic N) is 5. The van der Waals surface area contributed by atoms with E-state index < -0.39 is 29.9 Å². The van der Waals surface area contributed by atoms with Crippen molar-refractivity contribution in [1.82, 2.24) is 40.7 Å². The van der Waals surface area contributed by atoms with Crippen LogP contribution >= 0.6 is 0 Å². The van der Waals surface area contributed by atoms with Crippen LogP contribution in [0.1, 0.15) is 69.7 Å². The highest BCUT2D eigenvalue weighted by Gasteiger charge is 2.42. The number of hydrogen-bond acceptors (Lipinski definition) is 7. The zero-order valence-electron chi connectivity index (χ0n) is 25.4. The molecule has 13 nitrogen and oxygen atoms in total. The van der Waals surface area contributed by atoms with Crippen LogP contribution < -0.4 is 16.0 Å². The lowest BCUT2D eigenvalue weighted by molar-refractivity contribution is -0.141. The second-order valence-electron chi connectivity index (χ2n) is 12.3. The first-order valence-electron chi connectivity index (χ1n) is 15.6. The van der Waals surface area contributed by atoms with E-state index in [2.05, 4.69) is 26.3 Å². The second-order valence-corrected chi connectivity index (χ2v) is 12.3. The SMILES string of the molecule is CC(C)[C@@H]1NC(=O)[C@@H]2C[C@@H](CN2C(=O)CCN2CCCCCC2=O)n2cc(nn2)CNC(=O)[C@@H](Cc2ccccc2)NC1=O. The topological polar surface area (TPSA) is 159 Å². The zero-order valence-corrected chi connectivity index (χ0v) is 25.4. The van der Waals surface area contributed by atoms with Gasteiger partial charge in [0.25, 0.3) is 0 Å². The van der Waals surface area contributed by atoms with Gasteiger partial charge in [-0.15, -0.1) is 5.10 Å². The molecule has 1 aromatic heterocycles. The minimum absolute atomic E-state index is 0.0592.